The second-order valence-corrected chi connectivity index (χ2v) is 5.20. The number of carbonyl (C=O) groups is 1. The highest BCUT2D eigenvalue weighted by molar-refractivity contribution is 6.05. The number of allylic oxidation sites excluding steroid dienone is 6. The van der Waals surface area contributed by atoms with Gasteiger partial charge in [0, 0.05) is 11.1 Å². The van der Waals surface area contributed by atoms with Gasteiger partial charge in [-0.3, -0.25) is 4.79 Å². The average molecular weight is 338 g/mol. The lowest BCUT2D eigenvalue weighted by Crippen LogP contribution is -2.13. The summed E-state index contributed by atoms with van der Waals surface area (Å²) in [4.78, 5) is 12.2. The van der Waals surface area contributed by atoms with Crippen molar-refractivity contribution in [2.75, 3.05) is 14.2 Å². The van der Waals surface area contributed by atoms with E-state index in [2.05, 4.69) is 0 Å². The van der Waals surface area contributed by atoms with Gasteiger partial charge < -0.3 is 9.47 Å². The summed E-state index contributed by atoms with van der Waals surface area (Å²) in [5.41, 5.74) is 0.537. The van der Waals surface area contributed by atoms with Gasteiger partial charge in [-0.15, -0.1) is 0 Å². The summed E-state index contributed by atoms with van der Waals surface area (Å²) in [6.07, 6.45) is 1.23. The number of methoxy groups -OCH3 is 2. The van der Waals surface area contributed by atoms with Crippen LogP contribution in [0.3, 0.4) is 0 Å². The molecule has 24 heavy (non-hydrogen) atoms. The molecule has 0 N–H and O–H groups in total. The second-order valence-electron chi connectivity index (χ2n) is 5.20. The maximum Gasteiger partial charge on any atom is 0.412 e. The van der Waals surface area contributed by atoms with Gasteiger partial charge in [-0.1, -0.05) is 18.2 Å². The Morgan fingerprint density at radius 3 is 2.33 bits per heavy atom. The summed E-state index contributed by atoms with van der Waals surface area (Å²) in [6.45, 7) is 0. The molecule has 0 fully saturated rings. The Bertz CT molecular complexity index is 713. The van der Waals surface area contributed by atoms with E-state index in [-0.39, 0.29) is 18.6 Å². The van der Waals surface area contributed by atoms with Crippen LogP contribution < -0.4 is 9.47 Å². The van der Waals surface area contributed by atoms with Crippen molar-refractivity contribution in [2.24, 2.45) is 0 Å². The van der Waals surface area contributed by atoms with E-state index in [1.807, 2.05) is 0 Å². The van der Waals surface area contributed by atoms with Gasteiger partial charge in [-0.2, -0.15) is 13.2 Å². The summed E-state index contributed by atoms with van der Waals surface area (Å²) in [5.74, 6) is 0.687. The molecular weight excluding hydrogens is 321 g/mol. The number of rotatable bonds is 5. The molecule has 0 aliphatic heterocycles. The summed E-state index contributed by atoms with van der Waals surface area (Å²) >= 11 is 0. The molecule has 0 aromatic heterocycles. The monoisotopic (exact) mass is 338 g/mol. The van der Waals surface area contributed by atoms with Gasteiger partial charge in [0.1, 0.15) is 0 Å². The number of ether oxygens (including phenoxy) is 2. The molecule has 0 bridgehead atoms. The van der Waals surface area contributed by atoms with Crippen molar-refractivity contribution in [1.82, 2.24) is 0 Å². The van der Waals surface area contributed by atoms with Crippen LogP contribution in [-0.4, -0.2) is 26.2 Å². The van der Waals surface area contributed by atoms with E-state index in [4.69, 9.17) is 9.47 Å². The minimum absolute atomic E-state index is 0.0791. The minimum Gasteiger partial charge on any atom is -0.493 e. The lowest BCUT2D eigenvalue weighted by molar-refractivity contribution is -0.0940. The van der Waals surface area contributed by atoms with Crippen LogP contribution in [0.5, 0.6) is 11.5 Å². The van der Waals surface area contributed by atoms with Gasteiger partial charge in [-0.05, 0) is 42.7 Å². The van der Waals surface area contributed by atoms with Crippen LogP contribution in [0.4, 0.5) is 13.2 Å². The standard InChI is InChI=1S/C18H17F3O3/c1-23-16-10-6-13(11-17(16)24-2)15(22)9-5-12-3-7-14(8-4-12)18(19,20)21/h3,5-7,9-11H,4,8H2,1-2H3/b9-5+. The van der Waals surface area contributed by atoms with Gasteiger partial charge in [0.05, 0.1) is 14.2 Å². The van der Waals surface area contributed by atoms with Crippen molar-refractivity contribution in [1.29, 1.82) is 0 Å². The number of hydrogen-bond acceptors (Lipinski definition) is 3. The van der Waals surface area contributed by atoms with Gasteiger partial charge in [0.2, 0.25) is 0 Å². The second kappa shape index (κ2) is 7.38. The number of halogens is 3. The first kappa shape index (κ1) is 17.8. The Morgan fingerprint density at radius 1 is 1.08 bits per heavy atom. The van der Waals surface area contributed by atoms with Crippen LogP contribution in [0.2, 0.25) is 0 Å². The van der Waals surface area contributed by atoms with Crippen LogP contribution in [0.25, 0.3) is 0 Å². The molecule has 1 aliphatic carbocycles. The topological polar surface area (TPSA) is 35.5 Å². The molecule has 6 heteroatoms. The molecule has 0 unspecified atom stereocenters. The van der Waals surface area contributed by atoms with Crippen molar-refractivity contribution in [3.63, 3.8) is 0 Å². The fourth-order valence-corrected chi connectivity index (χ4v) is 2.30. The zero-order valence-electron chi connectivity index (χ0n) is 13.3. The lowest BCUT2D eigenvalue weighted by Gasteiger charge is -2.15. The minimum atomic E-state index is -4.29. The molecule has 2 rings (SSSR count). The summed E-state index contributed by atoms with van der Waals surface area (Å²) in [7, 11) is 2.97. The van der Waals surface area contributed by atoms with Crippen molar-refractivity contribution >= 4 is 5.78 Å². The van der Waals surface area contributed by atoms with Gasteiger partial charge in [0.25, 0.3) is 0 Å². The van der Waals surface area contributed by atoms with Crippen LogP contribution in [0, 0.1) is 0 Å². The van der Waals surface area contributed by atoms with Gasteiger partial charge in [0.15, 0.2) is 17.3 Å². The molecule has 3 nitrogen and oxygen atoms in total. The molecule has 1 aromatic rings. The molecule has 0 radical (unpaired) electrons. The number of alkyl halides is 3. The maximum absolute atomic E-state index is 12.5. The Kier molecular flexibility index (Phi) is 5.49. The largest absolute Gasteiger partial charge is 0.493 e. The number of ketones is 1. The van der Waals surface area contributed by atoms with Crippen molar-refractivity contribution in [2.45, 2.75) is 19.0 Å². The Balaban J connectivity index is 2.11. The lowest BCUT2D eigenvalue weighted by atomic mass is 9.97. The molecule has 0 saturated carbocycles. The third kappa shape index (κ3) is 4.28. The van der Waals surface area contributed by atoms with E-state index in [0.717, 1.165) is 6.08 Å². The van der Waals surface area contributed by atoms with Crippen LogP contribution in [-0.2, 0) is 0 Å². The van der Waals surface area contributed by atoms with Crippen molar-refractivity contribution < 1.29 is 27.4 Å². The van der Waals surface area contributed by atoms with Crippen molar-refractivity contribution in [3.8, 4) is 11.5 Å². The zero-order chi connectivity index (χ0) is 17.7. The number of carbonyl (C=O) groups excluding carboxylic acids is 1. The highest BCUT2D eigenvalue weighted by Gasteiger charge is 2.33. The van der Waals surface area contributed by atoms with Crippen LogP contribution >= 0.6 is 0 Å². The Hall–Kier alpha value is -2.50. The van der Waals surface area contributed by atoms with E-state index >= 15 is 0 Å². The Labute approximate surface area is 138 Å². The third-order valence-corrected chi connectivity index (χ3v) is 3.66. The highest BCUT2D eigenvalue weighted by Crippen LogP contribution is 2.33. The summed E-state index contributed by atoms with van der Waals surface area (Å²) in [6, 6.07) is 4.78. The molecule has 128 valence electrons. The molecule has 1 aliphatic rings. The maximum atomic E-state index is 12.5. The van der Waals surface area contributed by atoms with Crippen LogP contribution in [0.15, 0.2) is 53.6 Å². The van der Waals surface area contributed by atoms with E-state index in [9.17, 15) is 18.0 Å². The average Bonchev–Trinajstić information content (AvgIpc) is 2.58. The van der Waals surface area contributed by atoms with Crippen LogP contribution in [0.1, 0.15) is 23.2 Å². The van der Waals surface area contributed by atoms with E-state index in [0.29, 0.717) is 22.6 Å². The van der Waals surface area contributed by atoms with E-state index in [1.165, 1.54) is 26.4 Å². The zero-order valence-corrected chi connectivity index (χ0v) is 13.3. The molecule has 0 heterocycles. The summed E-state index contributed by atoms with van der Waals surface area (Å²) < 4.78 is 47.9. The fraction of sp³-hybridized carbons (Fsp3) is 0.278. The van der Waals surface area contributed by atoms with Gasteiger partial charge in [-0.25, -0.2) is 0 Å². The highest BCUT2D eigenvalue weighted by atomic mass is 19.4. The van der Waals surface area contributed by atoms with E-state index < -0.39 is 11.7 Å². The molecule has 0 spiro atoms. The summed E-state index contributed by atoms with van der Waals surface area (Å²) in [5, 5.41) is 0. The number of benzene rings is 1. The first-order valence-corrected chi connectivity index (χ1v) is 7.26. The van der Waals surface area contributed by atoms with Crippen molar-refractivity contribution in [3.05, 3.63) is 59.2 Å². The SMILES string of the molecule is COc1ccc(C(=O)/C=C/C2=CC=C(C(F)(F)F)CC2)cc1OC. The predicted octanol–water partition coefficient (Wildman–Crippen LogP) is 4.65. The molecule has 0 atom stereocenters. The van der Waals surface area contributed by atoms with E-state index in [1.54, 1.807) is 24.3 Å². The molecule has 0 saturated heterocycles. The Morgan fingerprint density at radius 2 is 1.79 bits per heavy atom. The fourth-order valence-electron chi connectivity index (χ4n) is 2.30. The third-order valence-electron chi connectivity index (χ3n) is 3.66. The molecular formula is C18H17F3O3. The first-order valence-electron chi connectivity index (χ1n) is 7.26. The quantitative estimate of drug-likeness (QED) is 0.579. The molecule has 1 aromatic carbocycles. The molecule has 0 amide bonds. The predicted molar refractivity (Wildman–Crippen MR) is 84.5 cm³/mol. The number of hydrogen-bond donors (Lipinski definition) is 0. The van der Waals surface area contributed by atoms with Gasteiger partial charge >= 0.3 is 6.18 Å². The smallest absolute Gasteiger partial charge is 0.412 e. The normalized spacial score (nSPS) is 15.0. The first-order chi connectivity index (χ1) is 11.3.